The third kappa shape index (κ3) is 2.73. The van der Waals surface area contributed by atoms with Gasteiger partial charge in [-0.1, -0.05) is 0 Å². The molecule has 3 nitrogen and oxygen atoms in total. The van der Waals surface area contributed by atoms with Gasteiger partial charge in [0, 0.05) is 12.1 Å². The van der Waals surface area contributed by atoms with Crippen molar-refractivity contribution in [1.82, 2.24) is 4.90 Å². The van der Waals surface area contributed by atoms with Gasteiger partial charge in [-0.2, -0.15) is 0 Å². The van der Waals surface area contributed by atoms with Gasteiger partial charge in [0.05, 0.1) is 6.61 Å². The van der Waals surface area contributed by atoms with E-state index in [0.29, 0.717) is 12.6 Å². The van der Waals surface area contributed by atoms with Crippen LogP contribution in [0.1, 0.15) is 26.2 Å². The fraction of sp³-hybridized carbons (Fsp3) is 1.00. The van der Waals surface area contributed by atoms with E-state index in [-0.39, 0.29) is 6.04 Å². The topological polar surface area (TPSA) is 49.5 Å². The predicted molar refractivity (Wildman–Crippen MR) is 49.9 cm³/mol. The van der Waals surface area contributed by atoms with Gasteiger partial charge in [-0.05, 0) is 39.3 Å². The second-order valence-electron chi connectivity index (χ2n) is 3.78. The highest BCUT2D eigenvalue weighted by molar-refractivity contribution is 4.78. The van der Waals surface area contributed by atoms with E-state index in [0.717, 1.165) is 25.9 Å². The number of aliphatic hydroxyl groups is 1. The van der Waals surface area contributed by atoms with Crippen LogP contribution in [0, 0.1) is 0 Å². The maximum Gasteiger partial charge on any atom is 0.0586 e. The number of hydrogen-bond acceptors (Lipinski definition) is 3. The third-order valence-electron chi connectivity index (χ3n) is 2.58. The lowest BCUT2D eigenvalue weighted by atomic mass is 10.2. The van der Waals surface area contributed by atoms with Crippen LogP contribution in [-0.4, -0.2) is 41.8 Å². The molecule has 3 N–H and O–H groups in total. The lowest BCUT2D eigenvalue weighted by Gasteiger charge is -2.23. The van der Waals surface area contributed by atoms with Gasteiger partial charge in [-0.25, -0.2) is 0 Å². The van der Waals surface area contributed by atoms with E-state index in [1.807, 2.05) is 6.92 Å². The summed E-state index contributed by atoms with van der Waals surface area (Å²) in [6.45, 7) is 4.52. The molecule has 1 heterocycles. The van der Waals surface area contributed by atoms with Gasteiger partial charge in [-0.3, -0.25) is 4.90 Å². The van der Waals surface area contributed by atoms with Crippen LogP contribution >= 0.6 is 0 Å². The highest BCUT2D eigenvalue weighted by Gasteiger charge is 2.22. The van der Waals surface area contributed by atoms with Crippen molar-refractivity contribution in [2.75, 3.05) is 19.7 Å². The summed E-state index contributed by atoms with van der Waals surface area (Å²) in [5.74, 6) is 0. The Morgan fingerprint density at radius 1 is 1.67 bits per heavy atom. The molecular formula is C9H20N2O. The van der Waals surface area contributed by atoms with Crippen molar-refractivity contribution in [3.8, 4) is 0 Å². The first-order valence-corrected chi connectivity index (χ1v) is 4.84. The zero-order chi connectivity index (χ0) is 8.97. The summed E-state index contributed by atoms with van der Waals surface area (Å²) in [6.07, 6.45) is 3.41. The van der Waals surface area contributed by atoms with E-state index in [1.165, 1.54) is 6.42 Å². The molecule has 0 aromatic heterocycles. The monoisotopic (exact) mass is 172 g/mol. The van der Waals surface area contributed by atoms with Crippen LogP contribution in [0.4, 0.5) is 0 Å². The molecule has 1 rings (SSSR count). The highest BCUT2D eigenvalue weighted by Crippen LogP contribution is 2.16. The third-order valence-corrected chi connectivity index (χ3v) is 2.58. The first-order chi connectivity index (χ1) is 5.74. The molecule has 0 spiro atoms. The van der Waals surface area contributed by atoms with Gasteiger partial charge in [-0.15, -0.1) is 0 Å². The van der Waals surface area contributed by atoms with Crippen molar-refractivity contribution in [3.63, 3.8) is 0 Å². The lowest BCUT2D eigenvalue weighted by molar-refractivity contribution is 0.156. The second kappa shape index (κ2) is 4.80. The summed E-state index contributed by atoms with van der Waals surface area (Å²) in [5, 5.41) is 9.03. The van der Waals surface area contributed by atoms with E-state index < -0.39 is 0 Å². The maximum absolute atomic E-state index is 9.03. The summed E-state index contributed by atoms with van der Waals surface area (Å²) in [5.41, 5.74) is 5.67. The minimum atomic E-state index is 0.282. The number of rotatable bonds is 4. The molecule has 0 amide bonds. The van der Waals surface area contributed by atoms with E-state index in [1.54, 1.807) is 0 Å². The Balaban J connectivity index is 2.21. The van der Waals surface area contributed by atoms with Crippen molar-refractivity contribution in [1.29, 1.82) is 0 Å². The molecule has 0 aliphatic carbocycles. The minimum absolute atomic E-state index is 0.282. The SMILES string of the molecule is CC(N)CCN1CCCC1CO. The van der Waals surface area contributed by atoms with E-state index in [2.05, 4.69) is 4.90 Å². The Morgan fingerprint density at radius 2 is 2.42 bits per heavy atom. The number of nitrogens with zero attached hydrogens (tertiary/aromatic N) is 1. The van der Waals surface area contributed by atoms with Gasteiger partial charge in [0.15, 0.2) is 0 Å². The lowest BCUT2D eigenvalue weighted by Crippen LogP contribution is -2.35. The van der Waals surface area contributed by atoms with Crippen molar-refractivity contribution in [2.45, 2.75) is 38.3 Å². The van der Waals surface area contributed by atoms with Crippen LogP contribution < -0.4 is 5.73 Å². The Hall–Kier alpha value is -0.120. The summed E-state index contributed by atoms with van der Waals surface area (Å²) >= 11 is 0. The van der Waals surface area contributed by atoms with Gasteiger partial charge in [0.2, 0.25) is 0 Å². The molecule has 1 aliphatic rings. The van der Waals surface area contributed by atoms with E-state index in [4.69, 9.17) is 10.8 Å². The zero-order valence-electron chi connectivity index (χ0n) is 7.87. The fourth-order valence-corrected chi connectivity index (χ4v) is 1.77. The molecule has 0 saturated carbocycles. The van der Waals surface area contributed by atoms with Gasteiger partial charge < -0.3 is 10.8 Å². The summed E-state index contributed by atoms with van der Waals surface area (Å²) in [6, 6.07) is 0.689. The highest BCUT2D eigenvalue weighted by atomic mass is 16.3. The molecule has 0 aromatic carbocycles. The Labute approximate surface area is 74.5 Å². The molecule has 2 atom stereocenters. The van der Waals surface area contributed by atoms with Crippen LogP contribution in [0.15, 0.2) is 0 Å². The molecule has 0 bridgehead atoms. The normalized spacial score (nSPS) is 27.8. The number of nitrogens with two attached hydrogens (primary N) is 1. The first-order valence-electron chi connectivity index (χ1n) is 4.84. The maximum atomic E-state index is 9.03. The van der Waals surface area contributed by atoms with Crippen LogP contribution in [-0.2, 0) is 0 Å². The minimum Gasteiger partial charge on any atom is -0.395 e. The first kappa shape index (κ1) is 9.96. The average molecular weight is 172 g/mol. The van der Waals surface area contributed by atoms with Gasteiger partial charge in [0.25, 0.3) is 0 Å². The van der Waals surface area contributed by atoms with Gasteiger partial charge in [0.1, 0.15) is 0 Å². The zero-order valence-corrected chi connectivity index (χ0v) is 7.87. The molecule has 72 valence electrons. The Morgan fingerprint density at radius 3 is 3.00 bits per heavy atom. The van der Waals surface area contributed by atoms with Crippen molar-refractivity contribution >= 4 is 0 Å². The molecular weight excluding hydrogens is 152 g/mol. The van der Waals surface area contributed by atoms with E-state index in [9.17, 15) is 0 Å². The molecule has 3 heteroatoms. The molecule has 12 heavy (non-hydrogen) atoms. The summed E-state index contributed by atoms with van der Waals surface area (Å²) in [4.78, 5) is 2.35. The van der Waals surface area contributed by atoms with Crippen molar-refractivity contribution in [3.05, 3.63) is 0 Å². The number of likely N-dealkylation sites (tertiary alicyclic amines) is 1. The fourth-order valence-electron chi connectivity index (χ4n) is 1.77. The number of aliphatic hydroxyl groups excluding tert-OH is 1. The second-order valence-corrected chi connectivity index (χ2v) is 3.78. The van der Waals surface area contributed by atoms with Crippen molar-refractivity contribution in [2.24, 2.45) is 5.73 Å². The summed E-state index contributed by atoms with van der Waals surface area (Å²) < 4.78 is 0. The van der Waals surface area contributed by atoms with E-state index >= 15 is 0 Å². The number of hydrogen-bond donors (Lipinski definition) is 2. The summed E-state index contributed by atoms with van der Waals surface area (Å²) in [7, 11) is 0. The molecule has 1 fully saturated rings. The van der Waals surface area contributed by atoms with Crippen LogP contribution in [0.25, 0.3) is 0 Å². The quantitative estimate of drug-likeness (QED) is 0.636. The molecule has 0 aromatic rings. The predicted octanol–water partition coefficient (Wildman–Crippen LogP) is 0.180. The smallest absolute Gasteiger partial charge is 0.0586 e. The van der Waals surface area contributed by atoms with Crippen LogP contribution in [0.2, 0.25) is 0 Å². The Bertz CT molecular complexity index is 128. The van der Waals surface area contributed by atoms with Crippen molar-refractivity contribution < 1.29 is 5.11 Å². The molecule has 0 radical (unpaired) electrons. The molecule has 2 unspecified atom stereocenters. The van der Waals surface area contributed by atoms with Crippen LogP contribution in [0.5, 0.6) is 0 Å². The Kier molecular flexibility index (Phi) is 3.98. The molecule has 1 saturated heterocycles. The van der Waals surface area contributed by atoms with Crippen LogP contribution in [0.3, 0.4) is 0 Å². The average Bonchev–Trinajstić information content (AvgIpc) is 2.47. The largest absolute Gasteiger partial charge is 0.395 e. The van der Waals surface area contributed by atoms with Gasteiger partial charge >= 0.3 is 0 Å². The standard InChI is InChI=1S/C9H20N2O/c1-8(10)4-6-11-5-2-3-9(11)7-12/h8-9,12H,2-7,10H2,1H3. The molecule has 1 aliphatic heterocycles.